The number of hydrogen-bond acceptors (Lipinski definition) is 6. The molecule has 33 heavy (non-hydrogen) atoms. The van der Waals surface area contributed by atoms with Gasteiger partial charge in [-0.15, -0.1) is 0 Å². The summed E-state index contributed by atoms with van der Waals surface area (Å²) in [5.41, 5.74) is -0.800. The van der Waals surface area contributed by atoms with Gasteiger partial charge in [0.1, 0.15) is 5.60 Å². The first kappa shape index (κ1) is 28.3. The lowest BCUT2D eigenvalue weighted by Gasteiger charge is -2.41. The number of hydrogen-bond donors (Lipinski definition) is 0. The SMILES string of the molecule is CC(C)(C)OC(=O)C1(S(=O)(=O)N2CCC(OCCCCCCC(F)(F)F)CC2)CCOCC1. The van der Waals surface area contributed by atoms with Gasteiger partial charge in [0, 0.05) is 52.2 Å². The van der Waals surface area contributed by atoms with E-state index in [-0.39, 0.29) is 51.7 Å². The van der Waals surface area contributed by atoms with Crippen LogP contribution in [0.4, 0.5) is 13.2 Å². The fraction of sp³-hybridized carbons (Fsp3) is 0.955. The minimum Gasteiger partial charge on any atom is -0.459 e. The smallest absolute Gasteiger partial charge is 0.389 e. The van der Waals surface area contributed by atoms with Crippen LogP contribution >= 0.6 is 0 Å². The lowest BCUT2D eigenvalue weighted by atomic mass is 9.99. The molecule has 0 radical (unpaired) electrons. The summed E-state index contributed by atoms with van der Waals surface area (Å²) in [6.45, 7) is 6.45. The van der Waals surface area contributed by atoms with Crippen molar-refractivity contribution in [2.75, 3.05) is 32.9 Å². The van der Waals surface area contributed by atoms with E-state index in [0.717, 1.165) is 0 Å². The Hall–Kier alpha value is -0.910. The van der Waals surface area contributed by atoms with Crippen LogP contribution in [0.3, 0.4) is 0 Å². The molecule has 0 aromatic heterocycles. The van der Waals surface area contributed by atoms with Crippen LogP contribution in [0.15, 0.2) is 0 Å². The highest BCUT2D eigenvalue weighted by atomic mass is 32.2. The number of halogens is 3. The second kappa shape index (κ2) is 11.7. The highest BCUT2D eigenvalue weighted by Crippen LogP contribution is 2.36. The van der Waals surface area contributed by atoms with Crippen LogP contribution in [0.5, 0.6) is 0 Å². The molecule has 0 unspecified atom stereocenters. The Morgan fingerprint density at radius 1 is 1.03 bits per heavy atom. The number of carbonyl (C=O) groups is 1. The van der Waals surface area contributed by atoms with Crippen LogP contribution in [0, 0.1) is 0 Å². The van der Waals surface area contributed by atoms with Crippen molar-refractivity contribution in [3.63, 3.8) is 0 Å². The van der Waals surface area contributed by atoms with Crippen molar-refractivity contribution in [3.8, 4) is 0 Å². The molecule has 0 atom stereocenters. The molecule has 11 heteroatoms. The van der Waals surface area contributed by atoms with Gasteiger partial charge in [-0.3, -0.25) is 4.79 Å². The van der Waals surface area contributed by atoms with Crippen LogP contribution in [-0.2, 0) is 29.0 Å². The molecule has 0 aromatic rings. The summed E-state index contributed by atoms with van der Waals surface area (Å²) in [5, 5.41) is 0. The molecule has 2 fully saturated rings. The van der Waals surface area contributed by atoms with Crippen molar-refractivity contribution < 1.29 is 40.6 Å². The summed E-state index contributed by atoms with van der Waals surface area (Å²) in [4.78, 5) is 13.0. The van der Waals surface area contributed by atoms with Gasteiger partial charge in [-0.2, -0.15) is 13.2 Å². The molecule has 0 saturated carbocycles. The average Bonchev–Trinajstić information content (AvgIpc) is 2.71. The van der Waals surface area contributed by atoms with Gasteiger partial charge in [0.05, 0.1) is 6.10 Å². The van der Waals surface area contributed by atoms with Gasteiger partial charge in [-0.05, 0) is 46.5 Å². The standard InChI is InChI=1S/C22H38F3NO6S/c1-20(2,3)32-19(27)21(11-16-30-17-12-21)33(28,29)26-13-8-18(9-14-26)31-15-7-5-4-6-10-22(23,24)25/h18H,4-17H2,1-3H3. The first-order valence-electron chi connectivity index (χ1n) is 11.8. The van der Waals surface area contributed by atoms with Gasteiger partial charge < -0.3 is 14.2 Å². The zero-order valence-corrected chi connectivity index (χ0v) is 20.7. The first-order valence-corrected chi connectivity index (χ1v) is 13.2. The van der Waals surface area contributed by atoms with E-state index in [1.807, 2.05) is 0 Å². The largest absolute Gasteiger partial charge is 0.459 e. The van der Waals surface area contributed by atoms with Crippen molar-refractivity contribution in [1.82, 2.24) is 4.31 Å². The Labute approximate surface area is 195 Å². The average molecular weight is 502 g/mol. The molecule has 194 valence electrons. The number of sulfonamides is 1. The zero-order valence-electron chi connectivity index (χ0n) is 19.9. The minimum atomic E-state index is -4.10. The number of alkyl halides is 3. The molecule has 0 amide bonds. The van der Waals surface area contributed by atoms with E-state index in [9.17, 15) is 26.4 Å². The second-order valence-electron chi connectivity index (χ2n) is 9.86. The summed E-state index contributed by atoms with van der Waals surface area (Å²) in [5.74, 6) is -0.720. The highest BCUT2D eigenvalue weighted by Gasteiger charge is 2.56. The van der Waals surface area contributed by atoms with Crippen LogP contribution in [-0.4, -0.2) is 74.2 Å². The van der Waals surface area contributed by atoms with Gasteiger partial charge in [-0.1, -0.05) is 12.8 Å². The maximum absolute atomic E-state index is 13.6. The van der Waals surface area contributed by atoms with Crippen LogP contribution in [0.25, 0.3) is 0 Å². The first-order chi connectivity index (χ1) is 15.3. The molecule has 0 aliphatic carbocycles. The maximum Gasteiger partial charge on any atom is 0.389 e. The summed E-state index contributed by atoms with van der Waals surface area (Å²) in [6.07, 6.45) is -1.82. The molecule has 0 spiro atoms. The summed E-state index contributed by atoms with van der Waals surface area (Å²) in [7, 11) is -3.96. The highest BCUT2D eigenvalue weighted by molar-refractivity contribution is 7.91. The second-order valence-corrected chi connectivity index (χ2v) is 12.1. The molecule has 0 bridgehead atoms. The molecular weight excluding hydrogens is 463 g/mol. The molecule has 7 nitrogen and oxygen atoms in total. The molecule has 2 rings (SSSR count). The molecule has 2 saturated heterocycles. The molecule has 0 N–H and O–H groups in total. The fourth-order valence-electron chi connectivity index (χ4n) is 4.16. The predicted molar refractivity (Wildman–Crippen MR) is 117 cm³/mol. The Balaban J connectivity index is 1.84. The minimum absolute atomic E-state index is 0.0645. The summed E-state index contributed by atoms with van der Waals surface area (Å²) < 4.78 is 80.0. The lowest BCUT2D eigenvalue weighted by molar-refractivity contribution is -0.161. The lowest BCUT2D eigenvalue weighted by Crippen LogP contribution is -2.59. The summed E-state index contributed by atoms with van der Waals surface area (Å²) in [6, 6.07) is 0. The van der Waals surface area contributed by atoms with Gasteiger partial charge in [-0.25, -0.2) is 12.7 Å². The van der Waals surface area contributed by atoms with Gasteiger partial charge >= 0.3 is 12.1 Å². The van der Waals surface area contributed by atoms with Gasteiger partial charge in [0.2, 0.25) is 10.0 Å². The van der Waals surface area contributed by atoms with Gasteiger partial charge in [0.15, 0.2) is 4.75 Å². The number of carbonyl (C=O) groups excluding carboxylic acids is 1. The Bertz CT molecular complexity index is 721. The number of nitrogens with zero attached hydrogens (tertiary/aromatic N) is 1. The number of rotatable bonds is 10. The van der Waals surface area contributed by atoms with Gasteiger partial charge in [0.25, 0.3) is 0 Å². The van der Waals surface area contributed by atoms with E-state index in [4.69, 9.17) is 14.2 Å². The van der Waals surface area contributed by atoms with Crippen molar-refractivity contribution >= 4 is 16.0 Å². The van der Waals surface area contributed by atoms with E-state index in [0.29, 0.717) is 38.7 Å². The predicted octanol–water partition coefficient (Wildman–Crippen LogP) is 4.20. The third-order valence-corrected chi connectivity index (χ3v) is 8.62. The van der Waals surface area contributed by atoms with Crippen molar-refractivity contribution in [3.05, 3.63) is 0 Å². The molecule has 2 heterocycles. The fourth-order valence-corrected chi connectivity index (χ4v) is 6.28. The van der Waals surface area contributed by atoms with Crippen LogP contribution in [0.2, 0.25) is 0 Å². The van der Waals surface area contributed by atoms with E-state index in [1.54, 1.807) is 20.8 Å². The van der Waals surface area contributed by atoms with Crippen molar-refractivity contribution in [1.29, 1.82) is 0 Å². The number of piperidine rings is 1. The third kappa shape index (κ3) is 8.36. The number of unbranched alkanes of at least 4 members (excludes halogenated alkanes) is 3. The number of esters is 1. The molecule has 2 aliphatic rings. The van der Waals surface area contributed by atoms with Crippen LogP contribution < -0.4 is 0 Å². The van der Waals surface area contributed by atoms with Crippen molar-refractivity contribution in [2.45, 2.75) is 101 Å². The summed E-state index contributed by atoms with van der Waals surface area (Å²) >= 11 is 0. The Kier molecular flexibility index (Phi) is 10.0. The monoisotopic (exact) mass is 501 g/mol. The molecular formula is C22H38F3NO6S. The maximum atomic E-state index is 13.6. The Morgan fingerprint density at radius 2 is 1.61 bits per heavy atom. The molecule has 2 aliphatic heterocycles. The zero-order chi connectivity index (χ0) is 24.8. The topological polar surface area (TPSA) is 82.1 Å². The quantitative estimate of drug-likeness (QED) is 0.330. The van der Waals surface area contributed by atoms with Crippen LogP contribution in [0.1, 0.15) is 78.6 Å². The van der Waals surface area contributed by atoms with E-state index >= 15 is 0 Å². The van der Waals surface area contributed by atoms with E-state index in [2.05, 4.69) is 0 Å². The van der Waals surface area contributed by atoms with E-state index in [1.165, 1.54) is 4.31 Å². The van der Waals surface area contributed by atoms with Crippen molar-refractivity contribution in [2.24, 2.45) is 0 Å². The normalized spacial score (nSPS) is 21.2. The van der Waals surface area contributed by atoms with E-state index < -0.39 is 38.9 Å². The Morgan fingerprint density at radius 3 is 2.15 bits per heavy atom. The number of ether oxygens (including phenoxy) is 3. The molecule has 0 aromatic carbocycles. The third-order valence-electron chi connectivity index (χ3n) is 6.01.